The summed E-state index contributed by atoms with van der Waals surface area (Å²) in [4.78, 5) is -0.167. The van der Waals surface area contributed by atoms with Crippen molar-refractivity contribution >= 4 is 15.7 Å². The number of sulfonamides is 1. The van der Waals surface area contributed by atoms with Crippen molar-refractivity contribution in [2.75, 3.05) is 5.73 Å². The van der Waals surface area contributed by atoms with E-state index in [1.807, 2.05) is 0 Å². The van der Waals surface area contributed by atoms with Crippen LogP contribution in [-0.2, 0) is 10.0 Å². The summed E-state index contributed by atoms with van der Waals surface area (Å²) in [6, 6.07) is 3.77. The summed E-state index contributed by atoms with van der Waals surface area (Å²) < 4.78 is 40.7. The van der Waals surface area contributed by atoms with Crippen LogP contribution in [0, 0.1) is 5.82 Å². The summed E-state index contributed by atoms with van der Waals surface area (Å²) in [5, 5.41) is 0. The minimum atomic E-state index is -3.76. The molecule has 2 rings (SSSR count). The molecule has 0 bridgehead atoms. The Hall–Kier alpha value is -1.14. The van der Waals surface area contributed by atoms with E-state index >= 15 is 0 Å². The lowest BCUT2D eigenvalue weighted by Crippen LogP contribution is -2.35. The highest BCUT2D eigenvalue weighted by molar-refractivity contribution is 7.89. The lowest BCUT2D eigenvalue weighted by atomic mass is 9.97. The van der Waals surface area contributed by atoms with Gasteiger partial charge in [0.2, 0.25) is 10.0 Å². The van der Waals surface area contributed by atoms with Gasteiger partial charge in [0.15, 0.2) is 0 Å². The maximum Gasteiger partial charge on any atom is 0.242 e. The second-order valence-corrected chi connectivity index (χ2v) is 7.00. The average molecular weight is 300 g/mol. The van der Waals surface area contributed by atoms with Crippen molar-refractivity contribution in [2.24, 2.45) is 0 Å². The van der Waals surface area contributed by atoms with Gasteiger partial charge in [0.25, 0.3) is 0 Å². The third-order valence-corrected chi connectivity index (χ3v) is 5.31. The molecule has 0 saturated heterocycles. The van der Waals surface area contributed by atoms with Gasteiger partial charge in [-0.1, -0.05) is 38.2 Å². The molecule has 1 aromatic carbocycles. The number of nitrogen functional groups attached to an aromatic ring is 1. The Labute approximate surface area is 119 Å². The van der Waals surface area contributed by atoms with Gasteiger partial charge in [-0.05, 0) is 25.0 Å². The first kappa shape index (κ1) is 15.3. The topological polar surface area (TPSA) is 72.2 Å². The first-order valence-corrected chi connectivity index (χ1v) is 8.55. The van der Waals surface area contributed by atoms with Crippen LogP contribution in [0.3, 0.4) is 0 Å². The molecule has 6 heteroatoms. The fraction of sp³-hybridized carbons (Fsp3) is 0.571. The van der Waals surface area contributed by atoms with Crippen LogP contribution in [0.4, 0.5) is 10.1 Å². The van der Waals surface area contributed by atoms with Crippen LogP contribution in [-0.4, -0.2) is 14.5 Å². The van der Waals surface area contributed by atoms with Gasteiger partial charge >= 0.3 is 0 Å². The van der Waals surface area contributed by atoms with E-state index < -0.39 is 15.8 Å². The lowest BCUT2D eigenvalue weighted by molar-refractivity contribution is 0.426. The molecule has 0 unspecified atom stereocenters. The molecular formula is C14H21FN2O2S. The fourth-order valence-corrected chi connectivity index (χ4v) is 4.05. The quantitative estimate of drug-likeness (QED) is 0.843. The van der Waals surface area contributed by atoms with Gasteiger partial charge in [-0.25, -0.2) is 17.5 Å². The average Bonchev–Trinajstić information content (AvgIpc) is 2.35. The van der Waals surface area contributed by atoms with Crippen molar-refractivity contribution in [1.29, 1.82) is 0 Å². The zero-order chi connectivity index (χ0) is 14.6. The summed E-state index contributed by atoms with van der Waals surface area (Å²) >= 11 is 0. The van der Waals surface area contributed by atoms with E-state index in [1.54, 1.807) is 0 Å². The molecule has 0 radical (unpaired) electrons. The highest BCUT2D eigenvalue weighted by Crippen LogP contribution is 2.23. The Morgan fingerprint density at radius 3 is 2.35 bits per heavy atom. The van der Waals surface area contributed by atoms with E-state index in [1.165, 1.54) is 18.6 Å². The molecule has 1 aliphatic rings. The predicted molar refractivity (Wildman–Crippen MR) is 77.2 cm³/mol. The van der Waals surface area contributed by atoms with Crippen molar-refractivity contribution in [2.45, 2.75) is 55.9 Å². The van der Waals surface area contributed by atoms with Crippen LogP contribution in [0.25, 0.3) is 0 Å². The van der Waals surface area contributed by atoms with Gasteiger partial charge in [-0.3, -0.25) is 0 Å². The zero-order valence-electron chi connectivity index (χ0n) is 11.4. The minimum Gasteiger partial charge on any atom is -0.395 e. The van der Waals surface area contributed by atoms with Gasteiger partial charge < -0.3 is 5.73 Å². The number of hydrogen-bond donors (Lipinski definition) is 2. The second kappa shape index (κ2) is 6.54. The molecule has 112 valence electrons. The zero-order valence-corrected chi connectivity index (χ0v) is 12.3. The van der Waals surface area contributed by atoms with E-state index in [9.17, 15) is 12.8 Å². The SMILES string of the molecule is Nc1c(F)cccc1S(=O)(=O)NC1CCCCCCC1. The summed E-state index contributed by atoms with van der Waals surface area (Å²) in [7, 11) is -3.76. The largest absolute Gasteiger partial charge is 0.395 e. The van der Waals surface area contributed by atoms with Crippen molar-refractivity contribution in [3.8, 4) is 0 Å². The van der Waals surface area contributed by atoms with E-state index in [0.29, 0.717) is 0 Å². The molecule has 0 heterocycles. The molecular weight excluding hydrogens is 279 g/mol. The number of rotatable bonds is 3. The number of para-hydroxylation sites is 1. The molecule has 3 N–H and O–H groups in total. The van der Waals surface area contributed by atoms with E-state index in [2.05, 4.69) is 4.72 Å². The molecule has 0 aromatic heterocycles. The number of anilines is 1. The first-order valence-electron chi connectivity index (χ1n) is 7.07. The molecule has 0 atom stereocenters. The number of nitrogens with one attached hydrogen (secondary N) is 1. The minimum absolute atomic E-state index is 0.0806. The molecule has 1 saturated carbocycles. The summed E-state index contributed by atoms with van der Waals surface area (Å²) in [6.07, 6.45) is 7.19. The molecule has 20 heavy (non-hydrogen) atoms. The first-order chi connectivity index (χ1) is 9.50. The van der Waals surface area contributed by atoms with Gasteiger partial charge in [-0.2, -0.15) is 0 Å². The summed E-state index contributed by atoms with van der Waals surface area (Å²) in [6.45, 7) is 0. The smallest absolute Gasteiger partial charge is 0.242 e. The number of hydrogen-bond acceptors (Lipinski definition) is 3. The Bertz CT molecular complexity index is 552. The molecule has 1 aromatic rings. The van der Waals surface area contributed by atoms with Gasteiger partial charge in [-0.15, -0.1) is 0 Å². The van der Waals surface area contributed by atoms with Crippen LogP contribution in [0.15, 0.2) is 23.1 Å². The van der Waals surface area contributed by atoms with Gasteiger partial charge in [0, 0.05) is 6.04 Å². The number of nitrogens with two attached hydrogens (primary N) is 1. The summed E-state index contributed by atoms with van der Waals surface area (Å²) in [5.74, 6) is -0.703. The highest BCUT2D eigenvalue weighted by Gasteiger charge is 2.23. The Kier molecular flexibility index (Phi) is 4.99. The normalized spacial score (nSPS) is 18.4. The van der Waals surface area contributed by atoms with Crippen LogP contribution in [0.5, 0.6) is 0 Å². The molecule has 1 fully saturated rings. The van der Waals surface area contributed by atoms with Crippen molar-refractivity contribution < 1.29 is 12.8 Å². The van der Waals surface area contributed by atoms with Crippen LogP contribution in [0.1, 0.15) is 44.9 Å². The van der Waals surface area contributed by atoms with Crippen molar-refractivity contribution in [3.05, 3.63) is 24.0 Å². The van der Waals surface area contributed by atoms with Crippen molar-refractivity contribution in [1.82, 2.24) is 4.72 Å². The molecule has 0 spiro atoms. The Morgan fingerprint density at radius 2 is 1.70 bits per heavy atom. The van der Waals surface area contributed by atoms with Crippen LogP contribution < -0.4 is 10.5 Å². The third-order valence-electron chi connectivity index (χ3n) is 3.73. The van der Waals surface area contributed by atoms with E-state index in [0.717, 1.165) is 44.6 Å². The van der Waals surface area contributed by atoms with Gasteiger partial charge in [0.1, 0.15) is 10.7 Å². The highest BCUT2D eigenvalue weighted by atomic mass is 32.2. The van der Waals surface area contributed by atoms with Crippen LogP contribution >= 0.6 is 0 Å². The third kappa shape index (κ3) is 3.70. The predicted octanol–water partition coefficient (Wildman–Crippen LogP) is 2.80. The Morgan fingerprint density at radius 1 is 1.10 bits per heavy atom. The molecule has 1 aliphatic carbocycles. The lowest BCUT2D eigenvalue weighted by Gasteiger charge is -2.21. The van der Waals surface area contributed by atoms with Crippen molar-refractivity contribution in [3.63, 3.8) is 0 Å². The van der Waals surface area contributed by atoms with Gasteiger partial charge in [0.05, 0.1) is 5.69 Å². The maximum absolute atomic E-state index is 13.4. The monoisotopic (exact) mass is 300 g/mol. The standard InChI is InChI=1S/C14H21FN2O2S/c15-12-9-6-10-13(14(12)16)20(18,19)17-11-7-4-2-1-3-5-8-11/h6,9-11,17H,1-5,7-8,16H2. The molecule has 0 aliphatic heterocycles. The number of halogens is 1. The van der Waals surface area contributed by atoms with Crippen LogP contribution in [0.2, 0.25) is 0 Å². The van der Waals surface area contributed by atoms with E-state index in [-0.39, 0.29) is 16.6 Å². The molecule has 4 nitrogen and oxygen atoms in total. The maximum atomic E-state index is 13.4. The van der Waals surface area contributed by atoms with E-state index in [4.69, 9.17) is 5.73 Å². The fourth-order valence-electron chi connectivity index (χ4n) is 2.61. The summed E-state index contributed by atoms with van der Waals surface area (Å²) in [5.41, 5.74) is 5.22. The second-order valence-electron chi connectivity index (χ2n) is 5.31. The number of benzene rings is 1. The Balaban J connectivity index is 2.15. The molecule has 0 amide bonds.